The summed E-state index contributed by atoms with van der Waals surface area (Å²) in [4.78, 5) is 2.38. The van der Waals surface area contributed by atoms with Crippen LogP contribution in [0.2, 0.25) is 0 Å². The number of hydrogen-bond acceptors (Lipinski definition) is 2. The van der Waals surface area contributed by atoms with Gasteiger partial charge in [-0.05, 0) is 55.1 Å². The molecule has 2 nitrogen and oxygen atoms in total. The Morgan fingerprint density at radius 3 is 2.55 bits per heavy atom. The summed E-state index contributed by atoms with van der Waals surface area (Å²) in [6, 6.07) is 17.5. The van der Waals surface area contributed by atoms with Crippen molar-refractivity contribution >= 4 is 10.8 Å². The van der Waals surface area contributed by atoms with Crippen LogP contribution in [0.25, 0.3) is 10.8 Å². The van der Waals surface area contributed by atoms with Gasteiger partial charge >= 0.3 is 0 Å². The van der Waals surface area contributed by atoms with E-state index < -0.39 is 5.54 Å². The van der Waals surface area contributed by atoms with E-state index in [4.69, 9.17) is 0 Å². The third-order valence-corrected chi connectivity index (χ3v) is 5.14. The van der Waals surface area contributed by atoms with Crippen molar-refractivity contribution in [2.75, 3.05) is 13.1 Å². The Hall–Kier alpha value is -1.85. The molecule has 0 bridgehead atoms. The topological polar surface area (TPSA) is 27.0 Å². The van der Waals surface area contributed by atoms with Gasteiger partial charge in [0, 0.05) is 6.42 Å². The SMILES string of the molecule is CC1CCN(C(C)(C#N)Cc2cccc3ccccc23)CC1. The Bertz CT molecular complexity index is 687. The smallest absolute Gasteiger partial charge is 0.110 e. The summed E-state index contributed by atoms with van der Waals surface area (Å²) in [5, 5.41) is 12.4. The molecule has 0 N–H and O–H groups in total. The largest absolute Gasteiger partial charge is 0.285 e. The second-order valence-corrected chi connectivity index (χ2v) is 6.87. The highest BCUT2D eigenvalue weighted by atomic mass is 15.2. The number of hydrogen-bond donors (Lipinski definition) is 0. The molecule has 0 aliphatic carbocycles. The Balaban J connectivity index is 1.90. The van der Waals surface area contributed by atoms with Crippen LogP contribution in [0.3, 0.4) is 0 Å². The van der Waals surface area contributed by atoms with E-state index >= 15 is 0 Å². The van der Waals surface area contributed by atoms with Crippen molar-refractivity contribution in [3.05, 3.63) is 48.0 Å². The Kier molecular flexibility index (Phi) is 4.18. The molecule has 0 amide bonds. The van der Waals surface area contributed by atoms with Gasteiger partial charge in [0.2, 0.25) is 0 Å². The maximum Gasteiger partial charge on any atom is 0.110 e. The van der Waals surface area contributed by atoms with Crippen LogP contribution in [0.15, 0.2) is 42.5 Å². The van der Waals surface area contributed by atoms with E-state index in [1.54, 1.807) is 0 Å². The fraction of sp³-hybridized carbons (Fsp3) is 0.450. The van der Waals surface area contributed by atoms with Gasteiger partial charge in [-0.15, -0.1) is 0 Å². The number of likely N-dealkylation sites (tertiary alicyclic amines) is 1. The first-order chi connectivity index (χ1) is 10.6. The highest BCUT2D eigenvalue weighted by Gasteiger charge is 2.34. The zero-order valence-electron chi connectivity index (χ0n) is 13.5. The number of rotatable bonds is 3. The quantitative estimate of drug-likeness (QED) is 0.838. The molecule has 114 valence electrons. The van der Waals surface area contributed by atoms with E-state index in [-0.39, 0.29) is 0 Å². The minimum Gasteiger partial charge on any atom is -0.285 e. The van der Waals surface area contributed by atoms with E-state index in [1.807, 2.05) is 0 Å². The average Bonchev–Trinajstić information content (AvgIpc) is 2.55. The molecule has 1 atom stereocenters. The zero-order chi connectivity index (χ0) is 15.6. The van der Waals surface area contributed by atoms with Gasteiger partial charge in [0.1, 0.15) is 5.54 Å². The van der Waals surface area contributed by atoms with Crippen molar-refractivity contribution in [3.63, 3.8) is 0 Å². The molecular weight excluding hydrogens is 268 g/mol. The van der Waals surface area contributed by atoms with Gasteiger partial charge in [0.25, 0.3) is 0 Å². The lowest BCUT2D eigenvalue weighted by Crippen LogP contribution is -2.50. The summed E-state index contributed by atoms with van der Waals surface area (Å²) in [6.45, 7) is 6.49. The number of nitriles is 1. The maximum atomic E-state index is 9.85. The highest BCUT2D eigenvalue weighted by molar-refractivity contribution is 5.85. The minimum absolute atomic E-state index is 0.412. The fourth-order valence-corrected chi connectivity index (χ4v) is 3.54. The summed E-state index contributed by atoms with van der Waals surface area (Å²) in [5.41, 5.74) is 0.866. The van der Waals surface area contributed by atoms with E-state index in [9.17, 15) is 5.26 Å². The minimum atomic E-state index is -0.412. The Morgan fingerprint density at radius 2 is 1.82 bits per heavy atom. The van der Waals surface area contributed by atoms with Gasteiger partial charge in [-0.2, -0.15) is 5.26 Å². The van der Waals surface area contributed by atoms with Crippen molar-refractivity contribution in [1.29, 1.82) is 5.26 Å². The molecule has 1 saturated heterocycles. The molecule has 1 aliphatic heterocycles. The van der Waals surface area contributed by atoms with E-state index in [0.29, 0.717) is 0 Å². The third-order valence-electron chi connectivity index (χ3n) is 5.14. The number of fused-ring (bicyclic) bond motifs is 1. The van der Waals surface area contributed by atoms with Gasteiger partial charge in [0.15, 0.2) is 0 Å². The summed E-state index contributed by atoms with van der Waals surface area (Å²) < 4.78 is 0. The van der Waals surface area contributed by atoms with Gasteiger partial charge in [-0.25, -0.2) is 0 Å². The van der Waals surface area contributed by atoms with Gasteiger partial charge < -0.3 is 0 Å². The normalized spacial score (nSPS) is 19.7. The van der Waals surface area contributed by atoms with Crippen molar-refractivity contribution in [3.8, 4) is 6.07 Å². The molecule has 0 spiro atoms. The first kappa shape index (κ1) is 15.1. The first-order valence-electron chi connectivity index (χ1n) is 8.25. The molecule has 2 aromatic carbocycles. The zero-order valence-corrected chi connectivity index (χ0v) is 13.5. The molecule has 1 heterocycles. The number of nitrogens with zero attached hydrogens (tertiary/aromatic N) is 2. The molecule has 0 radical (unpaired) electrons. The molecular formula is C20H24N2. The molecule has 3 rings (SSSR count). The van der Waals surface area contributed by atoms with Gasteiger partial charge in [-0.3, -0.25) is 4.90 Å². The van der Waals surface area contributed by atoms with Crippen molar-refractivity contribution in [1.82, 2.24) is 4.90 Å². The first-order valence-corrected chi connectivity index (χ1v) is 8.25. The highest BCUT2D eigenvalue weighted by Crippen LogP contribution is 2.29. The Morgan fingerprint density at radius 1 is 1.14 bits per heavy atom. The summed E-state index contributed by atoms with van der Waals surface area (Å²) in [6.07, 6.45) is 3.19. The van der Waals surface area contributed by atoms with Crippen LogP contribution in [0, 0.1) is 17.2 Å². The molecule has 0 saturated carbocycles. The molecule has 0 aromatic heterocycles. The lowest BCUT2D eigenvalue weighted by Gasteiger charge is -2.40. The second kappa shape index (κ2) is 6.10. The van der Waals surface area contributed by atoms with E-state index in [2.05, 4.69) is 67.3 Å². The van der Waals surface area contributed by atoms with Crippen LogP contribution >= 0.6 is 0 Å². The molecule has 22 heavy (non-hydrogen) atoms. The average molecular weight is 292 g/mol. The Labute approximate surface area is 133 Å². The lowest BCUT2D eigenvalue weighted by molar-refractivity contribution is 0.104. The van der Waals surface area contributed by atoms with Crippen LogP contribution in [0.5, 0.6) is 0 Å². The molecule has 1 aliphatic rings. The number of benzene rings is 2. The summed E-state index contributed by atoms with van der Waals surface area (Å²) in [7, 11) is 0. The molecule has 1 fully saturated rings. The fourth-order valence-electron chi connectivity index (χ4n) is 3.54. The third kappa shape index (κ3) is 2.87. The van der Waals surface area contributed by atoms with E-state index in [1.165, 1.54) is 29.2 Å². The number of piperidine rings is 1. The predicted molar refractivity (Wildman–Crippen MR) is 91.6 cm³/mol. The molecule has 2 aromatic rings. The maximum absolute atomic E-state index is 9.85. The van der Waals surface area contributed by atoms with Crippen LogP contribution in [0.1, 0.15) is 32.3 Å². The van der Waals surface area contributed by atoms with Crippen molar-refractivity contribution in [2.45, 2.75) is 38.6 Å². The molecule has 1 unspecified atom stereocenters. The van der Waals surface area contributed by atoms with Gasteiger partial charge in [0.05, 0.1) is 6.07 Å². The van der Waals surface area contributed by atoms with Crippen LogP contribution < -0.4 is 0 Å². The van der Waals surface area contributed by atoms with Crippen LogP contribution in [-0.4, -0.2) is 23.5 Å². The predicted octanol–water partition coefficient (Wildman–Crippen LogP) is 4.40. The van der Waals surface area contributed by atoms with Gasteiger partial charge in [-0.1, -0.05) is 49.4 Å². The monoisotopic (exact) mass is 292 g/mol. The van der Waals surface area contributed by atoms with E-state index in [0.717, 1.165) is 25.4 Å². The molecule has 2 heteroatoms. The van der Waals surface area contributed by atoms with Crippen molar-refractivity contribution < 1.29 is 0 Å². The van der Waals surface area contributed by atoms with Crippen LogP contribution in [0.4, 0.5) is 0 Å². The summed E-state index contributed by atoms with van der Waals surface area (Å²) >= 11 is 0. The standard InChI is InChI=1S/C20H24N2/c1-16-10-12-22(13-11-16)20(2,15-21)14-18-8-5-7-17-6-3-4-9-19(17)18/h3-9,16H,10-14H2,1-2H3. The second-order valence-electron chi connectivity index (χ2n) is 6.87. The van der Waals surface area contributed by atoms with Crippen LogP contribution in [-0.2, 0) is 6.42 Å². The summed E-state index contributed by atoms with van der Waals surface area (Å²) in [5.74, 6) is 0.789. The lowest BCUT2D eigenvalue weighted by atomic mass is 9.87. The van der Waals surface area contributed by atoms with Crippen molar-refractivity contribution in [2.24, 2.45) is 5.92 Å².